The zero-order chi connectivity index (χ0) is 20.8. The van der Waals surface area contributed by atoms with Gasteiger partial charge >= 0.3 is 0 Å². The van der Waals surface area contributed by atoms with Crippen LogP contribution in [0.1, 0.15) is 22.2 Å². The maximum atomic E-state index is 12.8. The Morgan fingerprint density at radius 2 is 1.63 bits per heavy atom. The van der Waals surface area contributed by atoms with Gasteiger partial charge in [-0.3, -0.25) is 9.69 Å². The lowest BCUT2D eigenvalue weighted by atomic mass is 9.99. The Balaban J connectivity index is 1.40. The van der Waals surface area contributed by atoms with Crippen molar-refractivity contribution >= 4 is 27.5 Å². The molecule has 0 unspecified atom stereocenters. The first-order valence-electron chi connectivity index (χ1n) is 10.1. The summed E-state index contributed by atoms with van der Waals surface area (Å²) >= 11 is 1.68. The average Bonchev–Trinajstić information content (AvgIpc) is 3.16. The summed E-state index contributed by atoms with van der Waals surface area (Å²) in [5.41, 5.74) is 3.33. The minimum Gasteiger partial charge on any atom is -0.348 e. The molecule has 0 aliphatic carbocycles. The number of para-hydroxylation sites is 1. The Morgan fingerprint density at radius 1 is 0.967 bits per heavy atom. The molecule has 1 atom stereocenters. The molecule has 0 spiro atoms. The maximum absolute atomic E-state index is 12.8. The fraction of sp³-hybridized carbons (Fsp3) is 0.200. The number of nitrogens with one attached hydrogen (secondary N) is 1. The topological polar surface area (TPSA) is 45.2 Å². The normalized spacial score (nSPS) is 12.2. The van der Waals surface area contributed by atoms with Crippen molar-refractivity contribution in [3.05, 3.63) is 101 Å². The molecule has 0 aliphatic rings. The van der Waals surface area contributed by atoms with Gasteiger partial charge in [-0.05, 0) is 36.7 Å². The SMILES string of the molecule is CN(CC(=O)N[C@@H](Cc1ccccc1)c1ccccc1)Cc1nc2ccccc2s1. The number of hydrogen-bond donors (Lipinski definition) is 1. The van der Waals surface area contributed by atoms with E-state index in [9.17, 15) is 4.79 Å². The Labute approximate surface area is 181 Å². The highest BCUT2D eigenvalue weighted by Crippen LogP contribution is 2.22. The van der Waals surface area contributed by atoms with Crippen LogP contribution in [-0.4, -0.2) is 29.4 Å². The second-order valence-electron chi connectivity index (χ2n) is 7.47. The van der Waals surface area contributed by atoms with E-state index in [1.165, 1.54) is 10.3 Å². The van der Waals surface area contributed by atoms with Crippen LogP contribution in [0.3, 0.4) is 0 Å². The van der Waals surface area contributed by atoms with Gasteiger partial charge in [-0.15, -0.1) is 11.3 Å². The Morgan fingerprint density at radius 3 is 2.37 bits per heavy atom. The van der Waals surface area contributed by atoms with Crippen molar-refractivity contribution < 1.29 is 4.79 Å². The van der Waals surface area contributed by atoms with Crippen molar-refractivity contribution in [3.63, 3.8) is 0 Å². The predicted octanol–water partition coefficient (Wildman–Crippen LogP) is 4.83. The summed E-state index contributed by atoms with van der Waals surface area (Å²) < 4.78 is 1.18. The smallest absolute Gasteiger partial charge is 0.234 e. The van der Waals surface area contributed by atoms with E-state index in [1.807, 2.05) is 66.5 Å². The van der Waals surface area contributed by atoms with E-state index in [0.29, 0.717) is 13.1 Å². The summed E-state index contributed by atoms with van der Waals surface area (Å²) in [4.78, 5) is 19.5. The van der Waals surface area contributed by atoms with Crippen molar-refractivity contribution in [2.24, 2.45) is 0 Å². The van der Waals surface area contributed by atoms with Crippen LogP contribution in [0, 0.1) is 0 Å². The molecule has 1 heterocycles. The molecule has 0 saturated carbocycles. The van der Waals surface area contributed by atoms with Crippen LogP contribution in [-0.2, 0) is 17.8 Å². The Hall–Kier alpha value is -3.02. The lowest BCUT2D eigenvalue weighted by Gasteiger charge is -2.22. The summed E-state index contributed by atoms with van der Waals surface area (Å²) in [5.74, 6) is 0.0170. The quantitative estimate of drug-likeness (QED) is 0.448. The van der Waals surface area contributed by atoms with E-state index in [-0.39, 0.29) is 11.9 Å². The first-order chi connectivity index (χ1) is 14.7. The third kappa shape index (κ3) is 5.32. The van der Waals surface area contributed by atoms with E-state index < -0.39 is 0 Å². The number of benzene rings is 3. The first kappa shape index (κ1) is 20.3. The fourth-order valence-corrected chi connectivity index (χ4v) is 4.59. The molecule has 0 radical (unpaired) electrons. The van der Waals surface area contributed by atoms with Crippen molar-refractivity contribution in [2.75, 3.05) is 13.6 Å². The molecule has 1 N–H and O–H groups in total. The van der Waals surface area contributed by atoms with Crippen LogP contribution in [0.2, 0.25) is 0 Å². The van der Waals surface area contributed by atoms with E-state index in [0.717, 1.165) is 22.5 Å². The summed E-state index contributed by atoms with van der Waals surface area (Å²) in [6, 6.07) is 28.5. The number of thiazole rings is 1. The zero-order valence-corrected chi connectivity index (χ0v) is 17.8. The molecule has 4 aromatic rings. The molecule has 4 rings (SSSR count). The minimum absolute atomic E-state index is 0.0170. The molecule has 4 nitrogen and oxygen atoms in total. The maximum Gasteiger partial charge on any atom is 0.234 e. The number of amides is 1. The highest BCUT2D eigenvalue weighted by molar-refractivity contribution is 7.18. The molecule has 1 amide bonds. The number of carbonyl (C=O) groups excluding carboxylic acids is 1. The molecule has 0 fully saturated rings. The number of hydrogen-bond acceptors (Lipinski definition) is 4. The number of aromatic nitrogens is 1. The van der Waals surface area contributed by atoms with Crippen LogP contribution in [0.4, 0.5) is 0 Å². The van der Waals surface area contributed by atoms with E-state index in [1.54, 1.807) is 11.3 Å². The number of rotatable bonds is 8. The standard InChI is InChI=1S/C25H25N3OS/c1-28(18-25-27-21-14-8-9-15-23(21)30-25)17-24(29)26-22(20-12-6-3-7-13-20)16-19-10-4-2-5-11-19/h2-15,22H,16-18H2,1H3,(H,26,29)/t22-/m0/s1. The summed E-state index contributed by atoms with van der Waals surface area (Å²) in [6.45, 7) is 0.982. The average molecular weight is 416 g/mol. The third-order valence-electron chi connectivity index (χ3n) is 4.98. The highest BCUT2D eigenvalue weighted by atomic mass is 32.1. The molecule has 1 aromatic heterocycles. The van der Waals surface area contributed by atoms with Gasteiger partial charge in [-0.2, -0.15) is 0 Å². The molecule has 0 aliphatic heterocycles. The Bertz CT molecular complexity index is 1060. The van der Waals surface area contributed by atoms with Crippen LogP contribution in [0.5, 0.6) is 0 Å². The molecule has 3 aromatic carbocycles. The molecule has 152 valence electrons. The van der Waals surface area contributed by atoms with Gasteiger partial charge in [0.1, 0.15) is 5.01 Å². The van der Waals surface area contributed by atoms with Gasteiger partial charge in [0.25, 0.3) is 0 Å². The second kappa shape index (κ2) is 9.65. The monoisotopic (exact) mass is 415 g/mol. The van der Waals surface area contributed by atoms with Gasteiger partial charge in [0, 0.05) is 0 Å². The lowest BCUT2D eigenvalue weighted by Crippen LogP contribution is -2.37. The lowest BCUT2D eigenvalue weighted by molar-refractivity contribution is -0.122. The van der Waals surface area contributed by atoms with E-state index in [2.05, 4.69) is 40.6 Å². The molecular weight excluding hydrogens is 390 g/mol. The van der Waals surface area contributed by atoms with Gasteiger partial charge < -0.3 is 5.32 Å². The van der Waals surface area contributed by atoms with E-state index >= 15 is 0 Å². The van der Waals surface area contributed by atoms with Gasteiger partial charge in [0.15, 0.2) is 0 Å². The van der Waals surface area contributed by atoms with Gasteiger partial charge in [0.2, 0.25) is 5.91 Å². The van der Waals surface area contributed by atoms with E-state index in [4.69, 9.17) is 0 Å². The Kier molecular flexibility index (Phi) is 6.52. The minimum atomic E-state index is -0.0584. The molecule has 5 heteroatoms. The third-order valence-corrected chi connectivity index (χ3v) is 6.00. The molecular formula is C25H25N3OS. The van der Waals surface area contributed by atoms with Crippen LogP contribution in [0.15, 0.2) is 84.9 Å². The van der Waals surface area contributed by atoms with Crippen LogP contribution in [0.25, 0.3) is 10.2 Å². The van der Waals surface area contributed by atoms with Gasteiger partial charge in [-0.1, -0.05) is 72.8 Å². The second-order valence-corrected chi connectivity index (χ2v) is 8.58. The number of carbonyl (C=O) groups is 1. The summed E-state index contributed by atoms with van der Waals surface area (Å²) in [5, 5.41) is 4.25. The number of nitrogens with zero attached hydrogens (tertiary/aromatic N) is 2. The predicted molar refractivity (Wildman–Crippen MR) is 123 cm³/mol. The summed E-state index contributed by atoms with van der Waals surface area (Å²) in [6.07, 6.45) is 0.762. The number of likely N-dealkylation sites (N-methyl/N-ethyl adjacent to an activating group) is 1. The first-order valence-corrected chi connectivity index (χ1v) is 10.9. The molecule has 0 saturated heterocycles. The molecule has 0 bridgehead atoms. The van der Waals surface area contributed by atoms with Crippen LogP contribution >= 0.6 is 11.3 Å². The molecule has 30 heavy (non-hydrogen) atoms. The van der Waals surface area contributed by atoms with Crippen molar-refractivity contribution in [3.8, 4) is 0 Å². The van der Waals surface area contributed by atoms with Gasteiger partial charge in [-0.25, -0.2) is 4.98 Å². The van der Waals surface area contributed by atoms with Crippen LogP contribution < -0.4 is 5.32 Å². The van der Waals surface area contributed by atoms with Crippen molar-refractivity contribution in [1.82, 2.24) is 15.2 Å². The number of fused-ring (bicyclic) bond motifs is 1. The highest BCUT2D eigenvalue weighted by Gasteiger charge is 2.17. The summed E-state index contributed by atoms with van der Waals surface area (Å²) in [7, 11) is 1.96. The van der Waals surface area contributed by atoms with Gasteiger partial charge in [0.05, 0.1) is 29.3 Å². The zero-order valence-electron chi connectivity index (χ0n) is 17.0. The van der Waals surface area contributed by atoms with Crippen molar-refractivity contribution in [1.29, 1.82) is 0 Å². The largest absolute Gasteiger partial charge is 0.348 e. The fourth-order valence-electron chi connectivity index (χ4n) is 3.55. The van der Waals surface area contributed by atoms with Crippen molar-refractivity contribution in [2.45, 2.75) is 19.0 Å².